The van der Waals surface area contributed by atoms with Crippen molar-refractivity contribution in [3.63, 3.8) is 0 Å². The lowest BCUT2D eigenvalue weighted by molar-refractivity contribution is -0.183. The van der Waals surface area contributed by atoms with Gasteiger partial charge in [0.1, 0.15) is 11.4 Å². The third-order valence-corrected chi connectivity index (χ3v) is 5.36. The normalized spacial score (nSPS) is 19.5. The smallest absolute Gasteiger partial charge is 0.294 e. The topological polar surface area (TPSA) is 101 Å². The molecule has 2 aliphatic rings. The van der Waals surface area contributed by atoms with Crippen LogP contribution in [0.15, 0.2) is 33.2 Å². The van der Waals surface area contributed by atoms with E-state index in [0.29, 0.717) is 24.6 Å². The Balaban J connectivity index is 1.54. The quantitative estimate of drug-likeness (QED) is 0.753. The summed E-state index contributed by atoms with van der Waals surface area (Å²) in [5.41, 5.74) is 1.83. The van der Waals surface area contributed by atoms with E-state index in [1.165, 1.54) is 6.42 Å². The minimum Gasteiger partial charge on any atom is -0.506 e. The first-order valence-corrected chi connectivity index (χ1v) is 9.92. The van der Waals surface area contributed by atoms with Crippen LogP contribution in [0.25, 0.3) is 0 Å². The van der Waals surface area contributed by atoms with Crippen LogP contribution in [-0.4, -0.2) is 28.1 Å². The lowest BCUT2D eigenvalue weighted by Crippen LogP contribution is -2.24. The lowest BCUT2D eigenvalue weighted by Gasteiger charge is -2.23. The largest absolute Gasteiger partial charge is 0.506 e. The summed E-state index contributed by atoms with van der Waals surface area (Å²) in [5, 5.41) is 21.7. The predicted octanol–water partition coefficient (Wildman–Crippen LogP) is 4.55. The van der Waals surface area contributed by atoms with E-state index < -0.39 is 6.29 Å². The number of phenolic OH excluding ortho intramolecular Hbond substituents is 1. The number of H-pyrrole nitrogens is 1. The molecule has 1 aliphatic heterocycles. The van der Waals surface area contributed by atoms with Gasteiger partial charge in [0.05, 0.1) is 24.9 Å². The molecule has 0 amide bonds. The molecule has 8 heteroatoms. The Morgan fingerprint density at radius 1 is 1.11 bits per heavy atom. The molecule has 2 fully saturated rings. The molecule has 0 spiro atoms. The van der Waals surface area contributed by atoms with Crippen LogP contribution < -0.4 is 5.56 Å². The highest BCUT2D eigenvalue weighted by Crippen LogP contribution is 2.33. The van der Waals surface area contributed by atoms with Gasteiger partial charge in [-0.05, 0) is 38.3 Å². The average molecular weight is 386 g/mol. The molecule has 1 aromatic carbocycles. The third-order valence-electron chi connectivity index (χ3n) is 5.36. The van der Waals surface area contributed by atoms with E-state index in [4.69, 9.17) is 9.47 Å². The Morgan fingerprint density at radius 3 is 2.57 bits per heavy atom. The number of aromatic nitrogens is 2. The standard InChI is InChI=1S/C20H26N4O4/c1-13-18(19(26)24(23-13)15-6-3-2-4-7-15)22-21-16-9-8-14(12-17(16)25)20-27-10-5-11-28-20/h8-9,12,15,20,23,25H,2-7,10-11H2,1H3. The van der Waals surface area contributed by atoms with Crippen LogP contribution in [0.2, 0.25) is 0 Å². The summed E-state index contributed by atoms with van der Waals surface area (Å²) in [6.45, 7) is 3.08. The predicted molar refractivity (Wildman–Crippen MR) is 103 cm³/mol. The van der Waals surface area contributed by atoms with Gasteiger partial charge in [0, 0.05) is 5.56 Å². The summed E-state index contributed by atoms with van der Waals surface area (Å²) >= 11 is 0. The van der Waals surface area contributed by atoms with Crippen molar-refractivity contribution in [2.45, 2.75) is 57.8 Å². The van der Waals surface area contributed by atoms with Gasteiger partial charge in [-0.2, -0.15) is 0 Å². The molecule has 4 rings (SSSR count). The Labute approximate surface area is 163 Å². The molecule has 1 aliphatic carbocycles. The van der Waals surface area contributed by atoms with Gasteiger partial charge in [0.2, 0.25) is 0 Å². The number of benzene rings is 1. The molecule has 0 radical (unpaired) electrons. The molecule has 8 nitrogen and oxygen atoms in total. The molecule has 1 aromatic heterocycles. The van der Waals surface area contributed by atoms with Crippen molar-refractivity contribution in [2.24, 2.45) is 10.2 Å². The molecule has 1 saturated heterocycles. The number of azo groups is 1. The maximum Gasteiger partial charge on any atom is 0.294 e. The van der Waals surface area contributed by atoms with Crippen LogP contribution >= 0.6 is 0 Å². The van der Waals surface area contributed by atoms with E-state index >= 15 is 0 Å². The van der Waals surface area contributed by atoms with Crippen molar-refractivity contribution in [3.8, 4) is 5.75 Å². The first-order valence-electron chi connectivity index (χ1n) is 9.92. The molecule has 150 valence electrons. The third kappa shape index (κ3) is 3.88. The second-order valence-electron chi connectivity index (χ2n) is 7.43. The van der Waals surface area contributed by atoms with Crippen LogP contribution in [0.4, 0.5) is 11.4 Å². The van der Waals surface area contributed by atoms with Crippen molar-refractivity contribution < 1.29 is 14.6 Å². The number of hydrogen-bond donors (Lipinski definition) is 2. The van der Waals surface area contributed by atoms with Gasteiger partial charge in [-0.1, -0.05) is 25.3 Å². The van der Waals surface area contributed by atoms with Crippen LogP contribution in [0.5, 0.6) is 5.75 Å². The van der Waals surface area contributed by atoms with Gasteiger partial charge in [-0.3, -0.25) is 9.89 Å². The van der Waals surface area contributed by atoms with Crippen LogP contribution in [0.1, 0.15) is 62.1 Å². The number of rotatable bonds is 4. The van der Waals surface area contributed by atoms with Crippen molar-refractivity contribution in [2.75, 3.05) is 13.2 Å². The maximum absolute atomic E-state index is 12.7. The number of ether oxygens (including phenoxy) is 2. The lowest BCUT2D eigenvalue weighted by atomic mass is 9.96. The zero-order valence-corrected chi connectivity index (χ0v) is 16.1. The Bertz CT molecular complexity index is 905. The number of nitrogens with zero attached hydrogens (tertiary/aromatic N) is 3. The second-order valence-corrected chi connectivity index (χ2v) is 7.43. The van der Waals surface area contributed by atoms with Crippen LogP contribution in [0, 0.1) is 6.92 Å². The summed E-state index contributed by atoms with van der Waals surface area (Å²) < 4.78 is 12.8. The average Bonchev–Trinajstić information content (AvgIpc) is 3.02. The summed E-state index contributed by atoms with van der Waals surface area (Å²) in [6, 6.07) is 5.20. The van der Waals surface area contributed by atoms with Crippen LogP contribution in [-0.2, 0) is 9.47 Å². The second kappa shape index (κ2) is 8.28. The van der Waals surface area contributed by atoms with Crippen LogP contribution in [0.3, 0.4) is 0 Å². The molecular weight excluding hydrogens is 360 g/mol. The van der Waals surface area contributed by atoms with Gasteiger partial charge < -0.3 is 14.6 Å². The number of hydrogen-bond acceptors (Lipinski definition) is 6. The van der Waals surface area contributed by atoms with Gasteiger partial charge in [0.25, 0.3) is 5.56 Å². The molecule has 2 heterocycles. The van der Waals surface area contributed by atoms with E-state index in [1.807, 2.05) is 6.92 Å². The fourth-order valence-corrected chi connectivity index (χ4v) is 3.83. The molecule has 2 aromatic rings. The monoisotopic (exact) mass is 386 g/mol. The number of phenols is 1. The SMILES string of the molecule is Cc1[nH]n(C2CCCCC2)c(=O)c1N=Nc1ccc(C2OCCCO2)cc1O. The Morgan fingerprint density at radius 2 is 1.86 bits per heavy atom. The molecule has 2 N–H and O–H groups in total. The fourth-order valence-electron chi connectivity index (χ4n) is 3.83. The summed E-state index contributed by atoms with van der Waals surface area (Å²) in [5.74, 6) is -0.0279. The van der Waals surface area contributed by atoms with E-state index in [0.717, 1.165) is 37.7 Å². The fraction of sp³-hybridized carbons (Fsp3) is 0.550. The minimum atomic E-state index is -0.472. The van der Waals surface area contributed by atoms with E-state index in [-0.39, 0.29) is 23.0 Å². The highest BCUT2D eigenvalue weighted by molar-refractivity contribution is 5.53. The molecule has 0 atom stereocenters. The van der Waals surface area contributed by atoms with Gasteiger partial charge in [-0.25, -0.2) is 4.68 Å². The van der Waals surface area contributed by atoms with Crippen molar-refractivity contribution >= 4 is 11.4 Å². The molecule has 0 unspecified atom stereocenters. The van der Waals surface area contributed by atoms with Gasteiger partial charge in [0.15, 0.2) is 12.0 Å². The highest BCUT2D eigenvalue weighted by atomic mass is 16.7. The zero-order valence-electron chi connectivity index (χ0n) is 16.1. The highest BCUT2D eigenvalue weighted by Gasteiger charge is 2.21. The van der Waals surface area contributed by atoms with E-state index in [2.05, 4.69) is 15.3 Å². The molecule has 1 saturated carbocycles. The first-order chi connectivity index (χ1) is 13.6. The van der Waals surface area contributed by atoms with Gasteiger partial charge >= 0.3 is 0 Å². The minimum absolute atomic E-state index is 0.0279. The van der Waals surface area contributed by atoms with Crippen molar-refractivity contribution in [1.29, 1.82) is 0 Å². The number of aromatic hydroxyl groups is 1. The molecule has 0 bridgehead atoms. The maximum atomic E-state index is 12.7. The zero-order chi connectivity index (χ0) is 19.5. The Hall–Kier alpha value is -2.45. The van der Waals surface area contributed by atoms with E-state index in [1.54, 1.807) is 22.9 Å². The first kappa shape index (κ1) is 18.9. The summed E-state index contributed by atoms with van der Waals surface area (Å²) in [4.78, 5) is 12.7. The summed E-state index contributed by atoms with van der Waals surface area (Å²) in [6.07, 6.45) is 5.91. The number of aryl methyl sites for hydroxylation is 1. The summed E-state index contributed by atoms with van der Waals surface area (Å²) in [7, 11) is 0. The van der Waals surface area contributed by atoms with Gasteiger partial charge in [-0.15, -0.1) is 10.2 Å². The molecular formula is C20H26N4O4. The molecule has 28 heavy (non-hydrogen) atoms. The van der Waals surface area contributed by atoms with Crippen molar-refractivity contribution in [3.05, 3.63) is 39.8 Å². The van der Waals surface area contributed by atoms with Crippen molar-refractivity contribution in [1.82, 2.24) is 9.78 Å². The number of nitrogens with one attached hydrogen (secondary N) is 1. The van der Waals surface area contributed by atoms with E-state index in [9.17, 15) is 9.90 Å². The number of aromatic amines is 1. The Kier molecular flexibility index (Phi) is 5.59.